The number of para-hydroxylation sites is 1. The first-order valence-electron chi connectivity index (χ1n) is 8.09. The highest BCUT2D eigenvalue weighted by molar-refractivity contribution is 8.02. The number of thiazole rings is 1. The zero-order chi connectivity index (χ0) is 17.7. The van der Waals surface area contributed by atoms with Crippen molar-refractivity contribution in [2.75, 3.05) is 10.2 Å². The van der Waals surface area contributed by atoms with Crippen LogP contribution < -0.4 is 10.2 Å². The summed E-state index contributed by atoms with van der Waals surface area (Å²) in [5.41, 5.74) is 1.69. The molecule has 1 N–H and O–H groups in total. The number of fused-ring (bicyclic) bond motifs is 3. The lowest BCUT2D eigenvalue weighted by Gasteiger charge is -2.29. The maximum Gasteiger partial charge on any atom is 0.263 e. The Bertz CT molecular complexity index is 1010. The number of anilines is 2. The van der Waals surface area contributed by atoms with E-state index in [-0.39, 0.29) is 11.8 Å². The van der Waals surface area contributed by atoms with E-state index in [0.717, 1.165) is 21.2 Å². The van der Waals surface area contributed by atoms with Crippen LogP contribution in [0.15, 0.2) is 52.1 Å². The van der Waals surface area contributed by atoms with Gasteiger partial charge in [0.1, 0.15) is 0 Å². The average Bonchev–Trinajstić information content (AvgIpc) is 3.39. The number of benzene rings is 1. The molecule has 4 heterocycles. The van der Waals surface area contributed by atoms with Crippen LogP contribution >= 0.6 is 34.4 Å². The standard InChI is InChI=1S/C18H13N3O2S3/c22-15-7-8-18(21(15)12-4-1-2-5-14(12)26-18)16(23)20-17-19-11(10-25-17)13-6-3-9-24-13/h1-6,9-10H,7-8H2,(H,19,20,23)/t18-/m1/s1. The molecule has 3 aromatic rings. The molecule has 0 bridgehead atoms. The third-order valence-corrected chi connectivity index (χ3v) is 7.65. The summed E-state index contributed by atoms with van der Waals surface area (Å²) in [5.74, 6) is -0.187. The van der Waals surface area contributed by atoms with E-state index in [1.165, 1.54) is 23.1 Å². The van der Waals surface area contributed by atoms with Crippen molar-refractivity contribution < 1.29 is 9.59 Å². The van der Waals surface area contributed by atoms with Gasteiger partial charge in [-0.3, -0.25) is 19.8 Å². The third-order valence-electron chi connectivity index (χ3n) is 4.53. The maximum atomic E-state index is 13.2. The fourth-order valence-electron chi connectivity index (χ4n) is 3.36. The van der Waals surface area contributed by atoms with Crippen molar-refractivity contribution in [3.8, 4) is 10.6 Å². The van der Waals surface area contributed by atoms with Crippen molar-refractivity contribution >= 4 is 57.1 Å². The Kier molecular flexibility index (Phi) is 3.66. The molecule has 130 valence electrons. The van der Waals surface area contributed by atoms with Crippen molar-refractivity contribution in [3.63, 3.8) is 0 Å². The smallest absolute Gasteiger partial charge is 0.263 e. The number of rotatable bonds is 3. The van der Waals surface area contributed by atoms with Gasteiger partial charge in [-0.15, -0.1) is 22.7 Å². The summed E-state index contributed by atoms with van der Waals surface area (Å²) in [5, 5.41) is 7.44. The number of aromatic nitrogens is 1. The predicted molar refractivity (Wildman–Crippen MR) is 106 cm³/mol. The first kappa shape index (κ1) is 16.0. The monoisotopic (exact) mass is 399 g/mol. The summed E-state index contributed by atoms with van der Waals surface area (Å²) in [7, 11) is 0. The van der Waals surface area contributed by atoms with Crippen molar-refractivity contribution in [3.05, 3.63) is 47.2 Å². The summed E-state index contributed by atoms with van der Waals surface area (Å²) >= 11 is 4.48. The molecule has 2 aliphatic rings. The number of thioether (sulfide) groups is 1. The largest absolute Gasteiger partial charge is 0.299 e. The molecule has 0 unspecified atom stereocenters. The van der Waals surface area contributed by atoms with Crippen LogP contribution in [0.25, 0.3) is 10.6 Å². The first-order valence-corrected chi connectivity index (χ1v) is 10.7. The molecule has 2 aromatic heterocycles. The van der Waals surface area contributed by atoms with E-state index in [1.54, 1.807) is 16.2 Å². The molecule has 1 saturated heterocycles. The molecule has 2 aliphatic heterocycles. The Hall–Kier alpha value is -2.16. The topological polar surface area (TPSA) is 62.3 Å². The van der Waals surface area contributed by atoms with Crippen molar-refractivity contribution in [2.45, 2.75) is 22.6 Å². The molecule has 2 amide bonds. The Morgan fingerprint density at radius 1 is 1.19 bits per heavy atom. The van der Waals surface area contributed by atoms with E-state index in [1.807, 2.05) is 47.2 Å². The molecule has 5 nitrogen and oxygen atoms in total. The minimum atomic E-state index is -0.907. The summed E-state index contributed by atoms with van der Waals surface area (Å²) in [6.45, 7) is 0. The number of thiophene rings is 1. The molecule has 1 aromatic carbocycles. The number of carbonyl (C=O) groups is 2. The number of hydrogen-bond acceptors (Lipinski definition) is 6. The molecule has 26 heavy (non-hydrogen) atoms. The number of carbonyl (C=O) groups excluding carboxylic acids is 2. The molecule has 1 fully saturated rings. The van der Waals surface area contributed by atoms with Gasteiger partial charge in [-0.25, -0.2) is 4.98 Å². The fourth-order valence-corrected chi connectivity index (χ4v) is 6.24. The van der Waals surface area contributed by atoms with Gasteiger partial charge in [-0.2, -0.15) is 0 Å². The van der Waals surface area contributed by atoms with Crippen molar-refractivity contribution in [2.24, 2.45) is 0 Å². The SMILES string of the molecule is O=C1CC[C@]2(C(=O)Nc3nc(-c4cccs4)cs3)Sc3ccccc3N12. The molecular formula is C18H13N3O2S3. The Morgan fingerprint density at radius 2 is 2.08 bits per heavy atom. The van der Waals surface area contributed by atoms with E-state index in [2.05, 4.69) is 10.3 Å². The number of hydrogen-bond donors (Lipinski definition) is 1. The van der Waals surface area contributed by atoms with Crippen LogP contribution in [0.4, 0.5) is 10.8 Å². The molecular weight excluding hydrogens is 386 g/mol. The van der Waals surface area contributed by atoms with Crippen LogP contribution in [-0.4, -0.2) is 21.7 Å². The fraction of sp³-hybridized carbons (Fsp3) is 0.167. The van der Waals surface area contributed by atoms with Gasteiger partial charge in [-0.1, -0.05) is 30.0 Å². The van der Waals surface area contributed by atoms with Crippen LogP contribution in [0, 0.1) is 0 Å². The number of nitrogens with zero attached hydrogens (tertiary/aromatic N) is 2. The summed E-state index contributed by atoms with van der Waals surface area (Å²) in [6.07, 6.45) is 0.882. The van der Waals surface area contributed by atoms with Gasteiger partial charge in [-0.05, 0) is 30.0 Å². The summed E-state index contributed by atoms with van der Waals surface area (Å²) < 4.78 is 0. The number of amides is 2. The molecule has 0 saturated carbocycles. The molecule has 0 radical (unpaired) electrons. The molecule has 0 aliphatic carbocycles. The van der Waals surface area contributed by atoms with Crippen LogP contribution in [0.5, 0.6) is 0 Å². The van der Waals surface area contributed by atoms with Gasteiger partial charge in [0.15, 0.2) is 10.0 Å². The Labute approximate surface area is 162 Å². The highest BCUT2D eigenvalue weighted by Gasteiger charge is 2.57. The molecule has 0 spiro atoms. The van der Waals surface area contributed by atoms with Crippen LogP contribution in [0.3, 0.4) is 0 Å². The highest BCUT2D eigenvalue weighted by Crippen LogP contribution is 2.56. The summed E-state index contributed by atoms with van der Waals surface area (Å²) in [6, 6.07) is 11.7. The second kappa shape index (κ2) is 5.94. The minimum absolute atomic E-state index is 0.00369. The first-order chi connectivity index (χ1) is 12.7. The quantitative estimate of drug-likeness (QED) is 0.707. The van der Waals surface area contributed by atoms with E-state index in [0.29, 0.717) is 18.0 Å². The van der Waals surface area contributed by atoms with Gasteiger partial charge in [0.05, 0.1) is 16.3 Å². The number of nitrogens with one attached hydrogen (secondary N) is 1. The van der Waals surface area contributed by atoms with Crippen molar-refractivity contribution in [1.29, 1.82) is 0 Å². The minimum Gasteiger partial charge on any atom is -0.299 e. The van der Waals surface area contributed by atoms with Crippen LogP contribution in [0.2, 0.25) is 0 Å². The van der Waals surface area contributed by atoms with Crippen molar-refractivity contribution in [1.82, 2.24) is 4.98 Å². The van der Waals surface area contributed by atoms with Gasteiger partial charge in [0.25, 0.3) is 5.91 Å². The van der Waals surface area contributed by atoms with Gasteiger partial charge >= 0.3 is 0 Å². The Morgan fingerprint density at radius 3 is 2.92 bits per heavy atom. The van der Waals surface area contributed by atoms with E-state index in [4.69, 9.17) is 0 Å². The van der Waals surface area contributed by atoms with Gasteiger partial charge in [0, 0.05) is 16.7 Å². The van der Waals surface area contributed by atoms with Crippen LogP contribution in [-0.2, 0) is 9.59 Å². The lowest BCUT2D eigenvalue weighted by atomic mass is 10.2. The zero-order valence-corrected chi connectivity index (χ0v) is 15.9. The lowest BCUT2D eigenvalue weighted by molar-refractivity contribution is -0.121. The van der Waals surface area contributed by atoms with Gasteiger partial charge in [0.2, 0.25) is 5.91 Å². The second-order valence-corrected chi connectivity index (χ2v) is 9.18. The zero-order valence-electron chi connectivity index (χ0n) is 13.5. The normalized spacial score (nSPS) is 20.9. The van der Waals surface area contributed by atoms with Crippen LogP contribution in [0.1, 0.15) is 12.8 Å². The molecule has 8 heteroatoms. The maximum absolute atomic E-state index is 13.2. The van der Waals surface area contributed by atoms with E-state index < -0.39 is 4.87 Å². The van der Waals surface area contributed by atoms with Gasteiger partial charge < -0.3 is 0 Å². The second-order valence-electron chi connectivity index (χ2n) is 6.05. The molecule has 1 atom stereocenters. The summed E-state index contributed by atoms with van der Waals surface area (Å²) in [4.78, 5) is 33.0. The third kappa shape index (κ3) is 2.33. The predicted octanol–water partition coefficient (Wildman–Crippen LogP) is 4.44. The lowest BCUT2D eigenvalue weighted by Crippen LogP contribution is -2.49. The van der Waals surface area contributed by atoms with E-state index in [9.17, 15) is 9.59 Å². The average molecular weight is 400 g/mol. The highest BCUT2D eigenvalue weighted by atomic mass is 32.2. The Balaban J connectivity index is 1.44. The molecule has 5 rings (SSSR count). The van der Waals surface area contributed by atoms with E-state index >= 15 is 0 Å².